The van der Waals surface area contributed by atoms with E-state index in [1.54, 1.807) is 0 Å². The Balaban J connectivity index is 2.39. The molecular weight excluding hydrogens is 212 g/mol. The average Bonchev–Trinajstić information content (AvgIpc) is 2.27. The molecule has 1 aliphatic heterocycles. The van der Waals surface area contributed by atoms with E-state index in [4.69, 9.17) is 21.1 Å². The summed E-state index contributed by atoms with van der Waals surface area (Å²) in [5.41, 5.74) is 1.03. The molecule has 3 heteroatoms. The highest BCUT2D eigenvalue weighted by Gasteiger charge is 2.22. The molecule has 2 rings (SSSR count). The van der Waals surface area contributed by atoms with Crippen molar-refractivity contribution in [3.05, 3.63) is 23.8 Å². The van der Waals surface area contributed by atoms with Gasteiger partial charge < -0.3 is 9.47 Å². The van der Waals surface area contributed by atoms with Crippen LogP contribution in [0.4, 0.5) is 0 Å². The first-order chi connectivity index (χ1) is 7.20. The van der Waals surface area contributed by atoms with E-state index in [-0.39, 0.29) is 5.38 Å². The van der Waals surface area contributed by atoms with Gasteiger partial charge >= 0.3 is 0 Å². The predicted molar refractivity (Wildman–Crippen MR) is 60.9 cm³/mol. The lowest BCUT2D eigenvalue weighted by atomic mass is 10.0. The van der Waals surface area contributed by atoms with Crippen LogP contribution in [0.25, 0.3) is 0 Å². The second-order valence-electron chi connectivity index (χ2n) is 4.02. The van der Waals surface area contributed by atoms with Gasteiger partial charge in [-0.1, -0.05) is 26.0 Å². The Bertz CT molecular complexity index is 349. The SMILES string of the molecule is CC(C)C(Cl)c1cccc2c1OCCO2. The van der Waals surface area contributed by atoms with Crippen LogP contribution in [0.1, 0.15) is 24.8 Å². The van der Waals surface area contributed by atoms with Crippen LogP contribution in [0.2, 0.25) is 0 Å². The van der Waals surface area contributed by atoms with Crippen LogP contribution in [0.5, 0.6) is 11.5 Å². The molecule has 0 spiro atoms. The monoisotopic (exact) mass is 226 g/mol. The number of hydrogen-bond acceptors (Lipinski definition) is 2. The summed E-state index contributed by atoms with van der Waals surface area (Å²) < 4.78 is 11.1. The molecule has 1 unspecified atom stereocenters. The Morgan fingerprint density at radius 1 is 1.20 bits per heavy atom. The first-order valence-corrected chi connectivity index (χ1v) is 5.66. The summed E-state index contributed by atoms with van der Waals surface area (Å²) >= 11 is 6.34. The van der Waals surface area contributed by atoms with E-state index in [0.717, 1.165) is 17.1 Å². The Morgan fingerprint density at radius 2 is 1.93 bits per heavy atom. The van der Waals surface area contributed by atoms with Gasteiger partial charge in [0.2, 0.25) is 0 Å². The van der Waals surface area contributed by atoms with E-state index in [1.807, 2.05) is 18.2 Å². The van der Waals surface area contributed by atoms with E-state index in [0.29, 0.717) is 19.1 Å². The van der Waals surface area contributed by atoms with Crippen LogP contribution in [0.3, 0.4) is 0 Å². The smallest absolute Gasteiger partial charge is 0.166 e. The summed E-state index contributed by atoms with van der Waals surface area (Å²) in [5, 5.41) is -0.0262. The van der Waals surface area contributed by atoms with Crippen molar-refractivity contribution in [3.63, 3.8) is 0 Å². The number of fused-ring (bicyclic) bond motifs is 1. The molecule has 15 heavy (non-hydrogen) atoms. The molecule has 0 aliphatic carbocycles. The minimum absolute atomic E-state index is 0.0262. The van der Waals surface area contributed by atoms with Gasteiger partial charge in [-0.3, -0.25) is 0 Å². The molecule has 0 bridgehead atoms. The van der Waals surface area contributed by atoms with Crippen molar-refractivity contribution < 1.29 is 9.47 Å². The third-order valence-corrected chi connectivity index (χ3v) is 3.22. The van der Waals surface area contributed by atoms with E-state index >= 15 is 0 Å². The number of hydrogen-bond donors (Lipinski definition) is 0. The topological polar surface area (TPSA) is 18.5 Å². The van der Waals surface area contributed by atoms with Crippen molar-refractivity contribution >= 4 is 11.6 Å². The van der Waals surface area contributed by atoms with Gasteiger partial charge in [-0.2, -0.15) is 0 Å². The second kappa shape index (κ2) is 4.31. The molecule has 0 saturated heterocycles. The quantitative estimate of drug-likeness (QED) is 0.720. The summed E-state index contributed by atoms with van der Waals surface area (Å²) in [4.78, 5) is 0. The molecule has 1 heterocycles. The molecule has 82 valence electrons. The molecule has 0 fully saturated rings. The van der Waals surface area contributed by atoms with Crippen LogP contribution in [-0.2, 0) is 0 Å². The van der Waals surface area contributed by atoms with Gasteiger partial charge in [-0.15, -0.1) is 11.6 Å². The lowest BCUT2D eigenvalue weighted by Gasteiger charge is -2.24. The molecule has 1 aromatic carbocycles. The lowest BCUT2D eigenvalue weighted by Crippen LogP contribution is -2.17. The maximum Gasteiger partial charge on any atom is 0.166 e. The fourth-order valence-corrected chi connectivity index (χ4v) is 1.84. The van der Waals surface area contributed by atoms with E-state index < -0.39 is 0 Å². The summed E-state index contributed by atoms with van der Waals surface area (Å²) in [7, 11) is 0. The Hall–Kier alpha value is -0.890. The molecule has 0 N–H and O–H groups in total. The Kier molecular flexibility index (Phi) is 3.06. The standard InChI is InChI=1S/C12H15ClO2/c1-8(2)11(13)9-4-3-5-10-12(9)15-7-6-14-10/h3-5,8,11H,6-7H2,1-2H3. The maximum absolute atomic E-state index is 6.34. The molecule has 2 nitrogen and oxygen atoms in total. The van der Waals surface area contributed by atoms with Gasteiger partial charge in [0.1, 0.15) is 13.2 Å². The molecular formula is C12H15ClO2. The zero-order valence-corrected chi connectivity index (χ0v) is 9.75. The number of halogens is 1. The highest BCUT2D eigenvalue weighted by Crippen LogP contribution is 2.41. The fourth-order valence-electron chi connectivity index (χ4n) is 1.67. The molecule has 1 atom stereocenters. The van der Waals surface area contributed by atoms with Gasteiger partial charge in [0, 0.05) is 5.56 Å². The van der Waals surface area contributed by atoms with Gasteiger partial charge in [-0.05, 0) is 12.0 Å². The molecule has 1 aliphatic rings. The zero-order chi connectivity index (χ0) is 10.8. The summed E-state index contributed by atoms with van der Waals surface area (Å²) in [6.45, 7) is 5.41. The van der Waals surface area contributed by atoms with Crippen molar-refractivity contribution in [1.82, 2.24) is 0 Å². The zero-order valence-electron chi connectivity index (χ0n) is 9.00. The summed E-state index contributed by atoms with van der Waals surface area (Å²) in [6.07, 6.45) is 0. The molecule has 0 saturated carbocycles. The van der Waals surface area contributed by atoms with Crippen LogP contribution in [0.15, 0.2) is 18.2 Å². The van der Waals surface area contributed by atoms with Gasteiger partial charge in [0.25, 0.3) is 0 Å². The molecule has 0 radical (unpaired) electrons. The lowest BCUT2D eigenvalue weighted by molar-refractivity contribution is 0.169. The van der Waals surface area contributed by atoms with Crippen LogP contribution >= 0.6 is 11.6 Å². The minimum Gasteiger partial charge on any atom is -0.486 e. The molecule has 0 aromatic heterocycles. The first-order valence-electron chi connectivity index (χ1n) is 5.22. The van der Waals surface area contributed by atoms with Crippen LogP contribution in [0, 0.1) is 5.92 Å². The first kappa shape index (κ1) is 10.6. The largest absolute Gasteiger partial charge is 0.486 e. The van der Waals surface area contributed by atoms with Crippen molar-refractivity contribution in [2.45, 2.75) is 19.2 Å². The maximum atomic E-state index is 6.34. The van der Waals surface area contributed by atoms with Crippen molar-refractivity contribution in [2.75, 3.05) is 13.2 Å². The average molecular weight is 227 g/mol. The van der Waals surface area contributed by atoms with Gasteiger partial charge in [0.15, 0.2) is 11.5 Å². The highest BCUT2D eigenvalue weighted by atomic mass is 35.5. The minimum atomic E-state index is -0.0262. The Morgan fingerprint density at radius 3 is 2.67 bits per heavy atom. The van der Waals surface area contributed by atoms with E-state index in [2.05, 4.69) is 13.8 Å². The summed E-state index contributed by atoms with van der Waals surface area (Å²) in [6, 6.07) is 5.88. The number of alkyl halides is 1. The highest BCUT2D eigenvalue weighted by molar-refractivity contribution is 6.21. The van der Waals surface area contributed by atoms with Crippen LogP contribution < -0.4 is 9.47 Å². The fraction of sp³-hybridized carbons (Fsp3) is 0.500. The predicted octanol–water partition coefficient (Wildman–Crippen LogP) is 3.39. The van der Waals surface area contributed by atoms with Gasteiger partial charge in [-0.25, -0.2) is 0 Å². The van der Waals surface area contributed by atoms with Gasteiger partial charge in [0.05, 0.1) is 5.38 Å². The van der Waals surface area contributed by atoms with Crippen LogP contribution in [-0.4, -0.2) is 13.2 Å². The summed E-state index contributed by atoms with van der Waals surface area (Å²) in [5.74, 6) is 2.01. The molecule has 1 aromatic rings. The number of benzene rings is 1. The van der Waals surface area contributed by atoms with E-state index in [9.17, 15) is 0 Å². The number of ether oxygens (including phenoxy) is 2. The van der Waals surface area contributed by atoms with Crippen molar-refractivity contribution in [1.29, 1.82) is 0 Å². The third-order valence-electron chi connectivity index (χ3n) is 2.48. The number of para-hydroxylation sites is 1. The Labute approximate surface area is 95.1 Å². The number of rotatable bonds is 2. The molecule has 0 amide bonds. The van der Waals surface area contributed by atoms with Crippen molar-refractivity contribution in [3.8, 4) is 11.5 Å². The van der Waals surface area contributed by atoms with Crippen molar-refractivity contribution in [2.24, 2.45) is 5.92 Å². The third kappa shape index (κ3) is 2.05. The normalized spacial score (nSPS) is 16.5. The van der Waals surface area contributed by atoms with E-state index in [1.165, 1.54) is 0 Å². The second-order valence-corrected chi connectivity index (χ2v) is 4.49.